The van der Waals surface area contributed by atoms with Gasteiger partial charge in [-0.2, -0.15) is 5.06 Å². The van der Waals surface area contributed by atoms with Crippen LogP contribution in [-0.2, 0) is 6.42 Å². The number of nitrogens with zero attached hydrogens (tertiary/aromatic N) is 1. The molecule has 0 unspecified atom stereocenters. The molecule has 1 aromatic carbocycles. The van der Waals surface area contributed by atoms with Gasteiger partial charge in [-0.15, -0.1) is 0 Å². The number of fused-ring (bicyclic) bond motifs is 1. The van der Waals surface area contributed by atoms with E-state index in [0.717, 1.165) is 25.8 Å². The fraction of sp³-hybridized carbons (Fsp3) is 0.500. The van der Waals surface area contributed by atoms with Gasteiger partial charge in [0.25, 0.3) is 0 Å². The van der Waals surface area contributed by atoms with Crippen LogP contribution in [0.25, 0.3) is 0 Å². The third-order valence-electron chi connectivity index (χ3n) is 2.95. The lowest BCUT2D eigenvalue weighted by Gasteiger charge is -2.32. The highest BCUT2D eigenvalue weighted by Gasteiger charge is 2.24. The van der Waals surface area contributed by atoms with Gasteiger partial charge in [0.2, 0.25) is 0 Å². The van der Waals surface area contributed by atoms with E-state index in [4.69, 9.17) is 0 Å². The van der Waals surface area contributed by atoms with Gasteiger partial charge in [-0.3, -0.25) is 0 Å². The van der Waals surface area contributed by atoms with Crippen LogP contribution in [0.15, 0.2) is 24.3 Å². The van der Waals surface area contributed by atoms with Crippen LogP contribution >= 0.6 is 0 Å². The highest BCUT2D eigenvalue weighted by Crippen LogP contribution is 2.31. The predicted octanol–water partition coefficient (Wildman–Crippen LogP) is 2.78. The Morgan fingerprint density at radius 1 is 1.43 bits per heavy atom. The molecule has 1 aliphatic heterocycles. The highest BCUT2D eigenvalue weighted by molar-refractivity contribution is 5.31. The second kappa shape index (κ2) is 4.11. The quantitative estimate of drug-likeness (QED) is 0.777. The molecule has 76 valence electrons. The Kier molecular flexibility index (Phi) is 2.85. The van der Waals surface area contributed by atoms with Crippen LogP contribution < -0.4 is 0 Å². The first-order valence-electron chi connectivity index (χ1n) is 5.36. The Morgan fingerprint density at radius 2 is 2.21 bits per heavy atom. The van der Waals surface area contributed by atoms with Crippen molar-refractivity contribution in [1.82, 2.24) is 5.06 Å². The van der Waals surface area contributed by atoms with E-state index in [1.165, 1.54) is 16.2 Å². The molecule has 14 heavy (non-hydrogen) atoms. The van der Waals surface area contributed by atoms with Crippen molar-refractivity contribution in [2.75, 3.05) is 6.54 Å². The van der Waals surface area contributed by atoms with E-state index < -0.39 is 0 Å². The number of benzene rings is 1. The Morgan fingerprint density at radius 3 is 3.00 bits per heavy atom. The topological polar surface area (TPSA) is 23.5 Å². The summed E-state index contributed by atoms with van der Waals surface area (Å²) >= 11 is 0. The summed E-state index contributed by atoms with van der Waals surface area (Å²) in [4.78, 5) is 0. The Hall–Kier alpha value is -0.860. The van der Waals surface area contributed by atoms with Gasteiger partial charge in [0.1, 0.15) is 0 Å². The van der Waals surface area contributed by atoms with Crippen LogP contribution in [0.2, 0.25) is 0 Å². The molecule has 1 aromatic rings. The monoisotopic (exact) mass is 191 g/mol. The van der Waals surface area contributed by atoms with Crippen molar-refractivity contribution in [3.8, 4) is 0 Å². The molecule has 0 aromatic heterocycles. The molecule has 0 saturated heterocycles. The largest absolute Gasteiger partial charge is 0.313 e. The molecule has 1 aliphatic rings. The summed E-state index contributed by atoms with van der Waals surface area (Å²) in [6.07, 6.45) is 3.11. The molecule has 0 amide bonds. The number of hydrogen-bond acceptors (Lipinski definition) is 2. The number of rotatable bonds is 2. The summed E-state index contributed by atoms with van der Waals surface area (Å²) in [7, 11) is 0. The summed E-state index contributed by atoms with van der Waals surface area (Å²) in [5.74, 6) is 0. The van der Waals surface area contributed by atoms with Crippen molar-refractivity contribution in [2.45, 2.75) is 32.2 Å². The predicted molar refractivity (Wildman–Crippen MR) is 56.3 cm³/mol. The maximum atomic E-state index is 9.78. The van der Waals surface area contributed by atoms with Crippen molar-refractivity contribution in [3.05, 3.63) is 35.4 Å². The number of hydroxylamine groups is 2. The number of hydrogen-bond donors (Lipinski definition) is 1. The van der Waals surface area contributed by atoms with Crippen LogP contribution in [0.3, 0.4) is 0 Å². The van der Waals surface area contributed by atoms with E-state index in [0.29, 0.717) is 0 Å². The second-order valence-electron chi connectivity index (χ2n) is 3.92. The van der Waals surface area contributed by atoms with E-state index >= 15 is 0 Å². The fourth-order valence-corrected chi connectivity index (χ4v) is 2.22. The zero-order valence-corrected chi connectivity index (χ0v) is 8.61. The molecular formula is C12H17NO. The van der Waals surface area contributed by atoms with Gasteiger partial charge in [0.05, 0.1) is 6.04 Å². The molecular weight excluding hydrogens is 174 g/mol. The Bertz CT molecular complexity index is 311. The summed E-state index contributed by atoms with van der Waals surface area (Å²) < 4.78 is 0. The zero-order chi connectivity index (χ0) is 9.97. The summed E-state index contributed by atoms with van der Waals surface area (Å²) in [6.45, 7) is 2.92. The summed E-state index contributed by atoms with van der Waals surface area (Å²) in [5.41, 5.74) is 2.71. The van der Waals surface area contributed by atoms with Crippen molar-refractivity contribution >= 4 is 0 Å². The third kappa shape index (κ3) is 1.68. The van der Waals surface area contributed by atoms with Crippen LogP contribution in [0.1, 0.15) is 36.9 Å². The van der Waals surface area contributed by atoms with E-state index in [1.807, 2.05) is 0 Å². The highest BCUT2D eigenvalue weighted by atomic mass is 16.5. The molecule has 0 saturated carbocycles. The Balaban J connectivity index is 2.31. The molecule has 0 radical (unpaired) electrons. The van der Waals surface area contributed by atoms with Gasteiger partial charge in [-0.25, -0.2) is 0 Å². The van der Waals surface area contributed by atoms with Crippen molar-refractivity contribution < 1.29 is 5.21 Å². The fourth-order valence-electron chi connectivity index (χ4n) is 2.22. The van der Waals surface area contributed by atoms with Gasteiger partial charge in [0, 0.05) is 6.54 Å². The molecule has 2 nitrogen and oxygen atoms in total. The smallest absolute Gasteiger partial charge is 0.0602 e. The molecule has 1 atom stereocenters. The summed E-state index contributed by atoms with van der Waals surface area (Å²) in [6, 6.07) is 8.66. The SMILES string of the molecule is CCC[C@H]1c2ccccc2CCN1O. The first-order valence-corrected chi connectivity index (χ1v) is 5.36. The maximum absolute atomic E-state index is 9.78. The molecule has 2 heteroatoms. The minimum Gasteiger partial charge on any atom is -0.313 e. The second-order valence-corrected chi connectivity index (χ2v) is 3.92. The minimum atomic E-state index is 0.213. The zero-order valence-electron chi connectivity index (χ0n) is 8.61. The van der Waals surface area contributed by atoms with Gasteiger partial charge >= 0.3 is 0 Å². The standard InChI is InChI=1S/C12H17NO/c1-2-5-12-11-7-4-3-6-10(11)8-9-13(12)14/h3-4,6-7,12,14H,2,5,8-9H2,1H3/t12-/m0/s1. The molecule has 0 bridgehead atoms. The van der Waals surface area contributed by atoms with Crippen LogP contribution in [0.4, 0.5) is 0 Å². The lowest BCUT2D eigenvalue weighted by atomic mass is 9.91. The summed E-state index contributed by atoms with van der Waals surface area (Å²) in [5, 5.41) is 11.3. The van der Waals surface area contributed by atoms with Gasteiger partial charge in [-0.1, -0.05) is 37.6 Å². The maximum Gasteiger partial charge on any atom is 0.0602 e. The first kappa shape index (κ1) is 9.69. The first-order chi connectivity index (χ1) is 6.83. The van der Waals surface area contributed by atoms with Crippen molar-refractivity contribution in [2.24, 2.45) is 0 Å². The normalized spacial score (nSPS) is 22.0. The molecule has 1 N–H and O–H groups in total. The van der Waals surface area contributed by atoms with E-state index in [9.17, 15) is 5.21 Å². The van der Waals surface area contributed by atoms with Gasteiger partial charge in [0.15, 0.2) is 0 Å². The van der Waals surface area contributed by atoms with Gasteiger partial charge < -0.3 is 5.21 Å². The lowest BCUT2D eigenvalue weighted by molar-refractivity contribution is -0.135. The molecule has 0 spiro atoms. The molecule has 1 heterocycles. The minimum absolute atomic E-state index is 0.213. The van der Waals surface area contributed by atoms with E-state index in [1.54, 1.807) is 0 Å². The average Bonchev–Trinajstić information content (AvgIpc) is 2.23. The van der Waals surface area contributed by atoms with Crippen LogP contribution in [0, 0.1) is 0 Å². The molecule has 2 rings (SSSR count). The molecule has 0 fully saturated rings. The molecule has 0 aliphatic carbocycles. The third-order valence-corrected chi connectivity index (χ3v) is 2.95. The van der Waals surface area contributed by atoms with Crippen LogP contribution in [0.5, 0.6) is 0 Å². The Labute approximate surface area is 85.1 Å². The van der Waals surface area contributed by atoms with Gasteiger partial charge in [-0.05, 0) is 24.0 Å². The van der Waals surface area contributed by atoms with E-state index in [2.05, 4.69) is 31.2 Å². The van der Waals surface area contributed by atoms with Crippen molar-refractivity contribution in [3.63, 3.8) is 0 Å². The van der Waals surface area contributed by atoms with E-state index in [-0.39, 0.29) is 6.04 Å². The van der Waals surface area contributed by atoms with Crippen molar-refractivity contribution in [1.29, 1.82) is 0 Å². The van der Waals surface area contributed by atoms with Crippen LogP contribution in [-0.4, -0.2) is 16.8 Å². The lowest BCUT2D eigenvalue weighted by Crippen LogP contribution is -2.32. The average molecular weight is 191 g/mol.